The van der Waals surface area contributed by atoms with Gasteiger partial charge in [0.25, 0.3) is 10.1 Å². The van der Waals surface area contributed by atoms with Crippen LogP contribution >= 0.6 is 0 Å². The van der Waals surface area contributed by atoms with Crippen molar-refractivity contribution in [2.24, 2.45) is 11.8 Å². The summed E-state index contributed by atoms with van der Waals surface area (Å²) < 4.78 is 26.6. The van der Waals surface area contributed by atoms with Crippen LogP contribution in [0.4, 0.5) is 0 Å². The van der Waals surface area contributed by atoms with Crippen LogP contribution in [-0.2, 0) is 19.1 Å². The van der Waals surface area contributed by atoms with Gasteiger partial charge in [-0.05, 0) is 19.2 Å². The molecule has 1 saturated heterocycles. The van der Waals surface area contributed by atoms with Crippen molar-refractivity contribution < 1.29 is 22.4 Å². The van der Waals surface area contributed by atoms with E-state index in [9.17, 15) is 18.2 Å². The van der Waals surface area contributed by atoms with Gasteiger partial charge in [0.15, 0.2) is 0 Å². The Bertz CT molecular complexity index is 440. The highest BCUT2D eigenvalue weighted by atomic mass is 32.2. The Balaban J connectivity index is 2.70. The number of nitrogens with one attached hydrogen (secondary N) is 2. The van der Waals surface area contributed by atoms with E-state index in [-0.39, 0.29) is 36.4 Å². The van der Waals surface area contributed by atoms with Crippen molar-refractivity contribution in [2.45, 2.75) is 39.2 Å². The molecule has 1 rings (SSSR count). The first-order valence-electron chi connectivity index (χ1n) is 6.70. The number of amides is 1. The molecule has 3 N–H and O–H groups in total. The summed E-state index contributed by atoms with van der Waals surface area (Å²) in [5, 5.41) is 15.3. The Hall–Kier alpha value is -0.635. The summed E-state index contributed by atoms with van der Waals surface area (Å²) in [5.74, 6) is -0.220. The van der Waals surface area contributed by atoms with Gasteiger partial charge in [0.05, 0.1) is 18.8 Å². The molecule has 3 atom stereocenters. The van der Waals surface area contributed by atoms with E-state index < -0.39 is 17.2 Å². The van der Waals surface area contributed by atoms with E-state index in [4.69, 9.17) is 4.18 Å². The molecule has 9 heteroatoms. The molecule has 1 aliphatic heterocycles. The van der Waals surface area contributed by atoms with Crippen molar-refractivity contribution in [1.82, 2.24) is 10.5 Å². The van der Waals surface area contributed by atoms with E-state index >= 15 is 0 Å². The van der Waals surface area contributed by atoms with E-state index in [1.807, 2.05) is 13.8 Å². The maximum absolute atomic E-state index is 12.0. The topological polar surface area (TPSA) is 105 Å². The third kappa shape index (κ3) is 5.04. The van der Waals surface area contributed by atoms with Gasteiger partial charge in [0, 0.05) is 12.1 Å². The van der Waals surface area contributed by atoms with Gasteiger partial charge in [0.1, 0.15) is 0 Å². The molecule has 0 saturated carbocycles. The fourth-order valence-electron chi connectivity index (χ4n) is 2.58. The molecule has 20 heavy (non-hydrogen) atoms. The minimum atomic E-state index is -3.48. The third-order valence-corrected chi connectivity index (χ3v) is 3.92. The minimum absolute atomic E-state index is 0.00653. The Kier molecular flexibility index (Phi) is 5.99. The summed E-state index contributed by atoms with van der Waals surface area (Å²) in [6, 6.07) is -0.503. The standard InChI is InChI=1S/C11H23BN2O5S/c1-7(2)9-10(14-12(3)16)8(13-11(9)15)5-6-19-20(4,17)18/h7-10,14,16H,5-6H2,1-4H3,(H,13,15)/t8-,9+,10?/m1/s1. The second-order valence-electron chi connectivity index (χ2n) is 5.57. The number of hydrogen-bond acceptors (Lipinski definition) is 6. The predicted octanol–water partition coefficient (Wildman–Crippen LogP) is -0.808. The Morgan fingerprint density at radius 2 is 2.10 bits per heavy atom. The average Bonchev–Trinajstić information content (AvgIpc) is 2.52. The van der Waals surface area contributed by atoms with Crippen LogP contribution in [0, 0.1) is 11.8 Å². The van der Waals surface area contributed by atoms with Crippen LogP contribution in [0.25, 0.3) is 0 Å². The lowest BCUT2D eigenvalue weighted by Crippen LogP contribution is -2.50. The van der Waals surface area contributed by atoms with Crippen LogP contribution in [0.5, 0.6) is 0 Å². The van der Waals surface area contributed by atoms with Crippen LogP contribution in [0.2, 0.25) is 6.82 Å². The average molecular weight is 306 g/mol. The highest BCUT2D eigenvalue weighted by molar-refractivity contribution is 7.85. The molecule has 0 aromatic rings. The van der Waals surface area contributed by atoms with Crippen LogP contribution < -0.4 is 10.5 Å². The van der Waals surface area contributed by atoms with Gasteiger partial charge in [-0.2, -0.15) is 8.42 Å². The van der Waals surface area contributed by atoms with Gasteiger partial charge in [-0.1, -0.05) is 13.8 Å². The molecule has 116 valence electrons. The monoisotopic (exact) mass is 306 g/mol. The number of hydrogen-bond donors (Lipinski definition) is 3. The maximum atomic E-state index is 12.0. The van der Waals surface area contributed by atoms with E-state index in [2.05, 4.69) is 10.5 Å². The molecule has 1 unspecified atom stereocenters. The largest absolute Gasteiger partial charge is 0.437 e. The Labute approximate surface area is 120 Å². The van der Waals surface area contributed by atoms with Crippen LogP contribution in [0.3, 0.4) is 0 Å². The number of rotatable bonds is 7. The Morgan fingerprint density at radius 1 is 1.50 bits per heavy atom. The van der Waals surface area contributed by atoms with Gasteiger partial charge >= 0.3 is 7.05 Å². The highest BCUT2D eigenvalue weighted by Gasteiger charge is 2.43. The molecule has 0 aliphatic carbocycles. The number of carbonyl (C=O) groups excluding carboxylic acids is 1. The summed E-state index contributed by atoms with van der Waals surface area (Å²) in [6.07, 6.45) is 1.36. The van der Waals surface area contributed by atoms with Crippen molar-refractivity contribution in [1.29, 1.82) is 0 Å². The first kappa shape index (κ1) is 17.4. The molecule has 1 fully saturated rings. The predicted molar refractivity (Wildman–Crippen MR) is 76.4 cm³/mol. The lowest BCUT2D eigenvalue weighted by molar-refractivity contribution is -0.123. The summed E-state index contributed by atoms with van der Waals surface area (Å²) >= 11 is 0. The zero-order valence-corrected chi connectivity index (χ0v) is 13.1. The van der Waals surface area contributed by atoms with Gasteiger partial charge in [0.2, 0.25) is 5.91 Å². The van der Waals surface area contributed by atoms with Gasteiger partial charge < -0.3 is 15.6 Å². The van der Waals surface area contributed by atoms with Crippen molar-refractivity contribution in [3.63, 3.8) is 0 Å². The molecule has 0 bridgehead atoms. The molecule has 0 spiro atoms. The fraction of sp³-hybridized carbons (Fsp3) is 0.909. The van der Waals surface area contributed by atoms with Crippen LogP contribution in [0.1, 0.15) is 20.3 Å². The fourth-order valence-corrected chi connectivity index (χ4v) is 2.98. The summed E-state index contributed by atoms with van der Waals surface area (Å²) in [7, 11) is -4.23. The first-order valence-corrected chi connectivity index (χ1v) is 8.52. The molecule has 7 nitrogen and oxygen atoms in total. The quantitative estimate of drug-likeness (QED) is 0.420. The molecule has 0 aromatic carbocycles. The zero-order valence-electron chi connectivity index (χ0n) is 12.3. The summed E-state index contributed by atoms with van der Waals surface area (Å²) in [6.45, 7) is 5.48. The second-order valence-corrected chi connectivity index (χ2v) is 7.21. The van der Waals surface area contributed by atoms with E-state index in [0.717, 1.165) is 6.26 Å². The van der Waals surface area contributed by atoms with Crippen molar-refractivity contribution >= 4 is 23.1 Å². The highest BCUT2D eigenvalue weighted by Crippen LogP contribution is 2.26. The van der Waals surface area contributed by atoms with Gasteiger partial charge in [-0.25, -0.2) is 0 Å². The Morgan fingerprint density at radius 3 is 2.55 bits per heavy atom. The summed E-state index contributed by atoms with van der Waals surface area (Å²) in [4.78, 5) is 12.0. The normalized spacial score (nSPS) is 26.9. The van der Waals surface area contributed by atoms with Crippen molar-refractivity contribution in [3.05, 3.63) is 0 Å². The van der Waals surface area contributed by atoms with E-state index in [1.54, 1.807) is 6.82 Å². The molecule has 0 aromatic heterocycles. The van der Waals surface area contributed by atoms with Gasteiger partial charge in [-0.3, -0.25) is 8.98 Å². The second kappa shape index (κ2) is 6.88. The zero-order chi connectivity index (χ0) is 15.5. The first-order chi connectivity index (χ1) is 9.11. The lowest BCUT2D eigenvalue weighted by Gasteiger charge is -2.26. The summed E-state index contributed by atoms with van der Waals surface area (Å²) in [5.41, 5.74) is 0. The molecule has 1 aliphatic rings. The van der Waals surface area contributed by atoms with Crippen molar-refractivity contribution in [3.8, 4) is 0 Å². The van der Waals surface area contributed by atoms with E-state index in [0.29, 0.717) is 6.42 Å². The smallest absolute Gasteiger partial charge is 0.373 e. The van der Waals surface area contributed by atoms with Crippen LogP contribution in [0.15, 0.2) is 0 Å². The molecule has 0 radical (unpaired) electrons. The minimum Gasteiger partial charge on any atom is -0.437 e. The molecule has 1 heterocycles. The number of carbonyl (C=O) groups is 1. The third-order valence-electron chi connectivity index (χ3n) is 3.33. The molecule has 1 amide bonds. The SMILES string of the molecule is CB(O)NC1[C@H](C(C)C)C(=O)N[C@@H]1CCOS(C)(=O)=O. The van der Waals surface area contributed by atoms with Crippen LogP contribution in [-0.4, -0.2) is 51.3 Å². The molecular weight excluding hydrogens is 283 g/mol. The lowest BCUT2D eigenvalue weighted by atomic mass is 9.80. The van der Waals surface area contributed by atoms with Gasteiger partial charge in [-0.15, -0.1) is 0 Å². The van der Waals surface area contributed by atoms with Crippen molar-refractivity contribution in [2.75, 3.05) is 12.9 Å². The van der Waals surface area contributed by atoms with E-state index in [1.165, 1.54) is 0 Å². The maximum Gasteiger partial charge on any atom is 0.373 e. The molecular formula is C11H23BN2O5S.